The summed E-state index contributed by atoms with van der Waals surface area (Å²) in [5.41, 5.74) is 14.3. The second kappa shape index (κ2) is 32.8. The van der Waals surface area contributed by atoms with Gasteiger partial charge in [-0.25, -0.2) is 19.9 Å². The predicted octanol–water partition coefficient (Wildman–Crippen LogP) is 14.3. The van der Waals surface area contributed by atoms with E-state index in [2.05, 4.69) is 115 Å². The van der Waals surface area contributed by atoms with E-state index in [-0.39, 0.29) is 0 Å². The Labute approximate surface area is 562 Å². The molecule has 2 fully saturated rings. The Morgan fingerprint density at radius 3 is 1.19 bits per heavy atom. The van der Waals surface area contributed by atoms with Crippen LogP contribution in [0.4, 0.5) is 11.4 Å². The van der Waals surface area contributed by atoms with E-state index < -0.39 is 0 Å². The lowest BCUT2D eigenvalue weighted by molar-refractivity contribution is 0.0358. The minimum atomic E-state index is 0.416. The van der Waals surface area contributed by atoms with Crippen LogP contribution in [-0.4, -0.2) is 161 Å². The summed E-state index contributed by atoms with van der Waals surface area (Å²) in [6, 6.07) is 40.6. The molecular weight excluding hydrogens is 1320 g/mol. The molecule has 488 valence electrons. The minimum Gasteiger partial charge on any atom is -0.496 e. The average Bonchev–Trinajstić information content (AvgIpc) is 1.64. The summed E-state index contributed by atoms with van der Waals surface area (Å²) in [5.74, 6) is 3.39. The molecule has 0 spiro atoms. The molecule has 0 radical (unpaired) electrons. The van der Waals surface area contributed by atoms with Gasteiger partial charge in [-0.05, 0) is 80.4 Å². The molecule has 0 aliphatic carbocycles. The Balaban J connectivity index is 0.000000129. The Bertz CT molecular complexity index is 4430. The summed E-state index contributed by atoms with van der Waals surface area (Å²) >= 11 is 6.96. The molecule has 0 bridgehead atoms. The molecule has 0 atom stereocenters. The van der Waals surface area contributed by atoms with Gasteiger partial charge >= 0.3 is 0 Å². The standard InChI is InChI=1S/C22H27N3O4.C18H19BrN2O3.C18H19N3O2.C14H11BrN2O/c1-26-11-12-29-16-25-15-20(18-5-3-4-6-21(18)27-2)19-13-17(14-23-22(19)25)24-7-9-28-10-8-24;1-22-7-8-24-12-21-11-16(14-5-3-4-6-17(14)23-2)15-9-13(19)10-20-18(15)21;1-22-17-5-3-2-4-14(17)16-12-20-18-15(16)10-13(11-19-18)21-6-8-23-9-7-21;1-18-13-5-3-2-4-10(13)12-8-17-14-11(12)6-9(15)7-16-14/h3-6,13-15H,7-12,16H2,1-2H3;3-6,9-11H,7-8,12H2,1-2H3;2-5,10-12H,6-9H2,1H3,(H,19,20);2-8H,1H3,(H,16,17). The molecule has 4 aromatic carbocycles. The number of H-pyrrole nitrogens is 2. The molecule has 2 aliphatic heterocycles. The Hall–Kier alpha value is -8.84. The number of rotatable bonds is 20. The van der Waals surface area contributed by atoms with Gasteiger partial charge in [0.2, 0.25) is 0 Å². The van der Waals surface area contributed by atoms with Crippen molar-refractivity contribution in [2.75, 3.05) is 131 Å². The van der Waals surface area contributed by atoms with Crippen LogP contribution < -0.4 is 28.7 Å². The Morgan fingerprint density at radius 1 is 0.404 bits per heavy atom. The van der Waals surface area contributed by atoms with Gasteiger partial charge in [-0.15, -0.1) is 0 Å². The topological polar surface area (TPSA) is 192 Å². The van der Waals surface area contributed by atoms with E-state index in [0.29, 0.717) is 39.9 Å². The van der Waals surface area contributed by atoms with Crippen LogP contribution in [0.15, 0.2) is 180 Å². The fourth-order valence-corrected chi connectivity index (χ4v) is 12.1. The fraction of sp³-hybridized carbons (Fsp3) is 0.278. The SMILES string of the molecule is COCCOCn1cc(-c2ccccc2OC)c2cc(Br)cnc21.COCCOCn1cc(-c2ccccc2OC)c2cc(N3CCOCC3)cnc21.COc1ccccc1-c1c[nH]c2ncc(Br)cc12.COc1ccccc1-c1c[nH]c2ncc(N3CCOCC3)cc12. The van der Waals surface area contributed by atoms with Crippen molar-refractivity contribution in [3.63, 3.8) is 0 Å². The monoisotopic (exact) mass is 1400 g/mol. The van der Waals surface area contributed by atoms with Crippen LogP contribution in [0.1, 0.15) is 0 Å². The van der Waals surface area contributed by atoms with E-state index in [1.807, 2.05) is 119 Å². The van der Waals surface area contributed by atoms with Gasteiger partial charge in [-0.1, -0.05) is 72.8 Å². The molecule has 20 nitrogen and oxygen atoms in total. The third kappa shape index (κ3) is 15.7. The second-order valence-electron chi connectivity index (χ2n) is 21.7. The van der Waals surface area contributed by atoms with Gasteiger partial charge in [0.25, 0.3) is 0 Å². The van der Waals surface area contributed by atoms with Gasteiger partial charge < -0.3 is 76.3 Å². The first kappa shape index (κ1) is 66.6. The van der Waals surface area contributed by atoms with Gasteiger partial charge in [0, 0.05) is 153 Å². The number of methoxy groups -OCH3 is 6. The lowest BCUT2D eigenvalue weighted by Crippen LogP contribution is -2.36. The quantitative estimate of drug-likeness (QED) is 0.0684. The van der Waals surface area contributed by atoms with Crippen molar-refractivity contribution in [2.45, 2.75) is 13.5 Å². The van der Waals surface area contributed by atoms with Crippen LogP contribution in [0, 0.1) is 0 Å². The van der Waals surface area contributed by atoms with Crippen molar-refractivity contribution >= 4 is 87.4 Å². The molecule has 0 amide bonds. The highest BCUT2D eigenvalue weighted by Crippen LogP contribution is 2.41. The van der Waals surface area contributed by atoms with Crippen molar-refractivity contribution < 1.29 is 47.4 Å². The van der Waals surface area contributed by atoms with Crippen LogP contribution in [0.3, 0.4) is 0 Å². The van der Waals surface area contributed by atoms with Crippen molar-refractivity contribution in [1.29, 1.82) is 0 Å². The maximum Gasteiger partial charge on any atom is 0.142 e. The highest BCUT2D eigenvalue weighted by atomic mass is 79.9. The Kier molecular flexibility index (Phi) is 23.3. The zero-order valence-corrected chi connectivity index (χ0v) is 56.7. The number of hydrogen-bond donors (Lipinski definition) is 2. The third-order valence-corrected chi connectivity index (χ3v) is 16.9. The molecule has 2 N–H and O–H groups in total. The van der Waals surface area contributed by atoms with E-state index in [1.165, 1.54) is 0 Å². The highest BCUT2D eigenvalue weighted by molar-refractivity contribution is 9.10. The average molecular weight is 1400 g/mol. The molecule has 14 rings (SSSR count). The van der Waals surface area contributed by atoms with E-state index in [1.54, 1.807) is 55.1 Å². The van der Waals surface area contributed by atoms with Gasteiger partial charge in [0.05, 0.1) is 105 Å². The largest absolute Gasteiger partial charge is 0.496 e. The summed E-state index contributed by atoms with van der Waals surface area (Å²) < 4.78 is 60.4. The van der Waals surface area contributed by atoms with Crippen molar-refractivity contribution in [1.82, 2.24) is 39.0 Å². The summed E-state index contributed by atoms with van der Waals surface area (Å²) in [4.78, 5) is 29.3. The van der Waals surface area contributed by atoms with Crippen LogP contribution in [-0.2, 0) is 41.9 Å². The van der Waals surface area contributed by atoms with E-state index in [9.17, 15) is 0 Å². The zero-order chi connectivity index (χ0) is 65.2. The first-order valence-corrected chi connectivity index (χ1v) is 32.4. The summed E-state index contributed by atoms with van der Waals surface area (Å²) in [5, 5.41) is 4.31. The van der Waals surface area contributed by atoms with Gasteiger partial charge in [0.15, 0.2) is 0 Å². The lowest BCUT2D eigenvalue weighted by Gasteiger charge is -2.28. The molecule has 94 heavy (non-hydrogen) atoms. The number of nitrogens with one attached hydrogen (secondary N) is 2. The first-order valence-electron chi connectivity index (χ1n) is 30.8. The van der Waals surface area contributed by atoms with E-state index >= 15 is 0 Å². The van der Waals surface area contributed by atoms with Crippen LogP contribution in [0.2, 0.25) is 0 Å². The Morgan fingerprint density at radius 2 is 0.755 bits per heavy atom. The summed E-state index contributed by atoms with van der Waals surface area (Å²) in [6.45, 7) is 9.61. The van der Waals surface area contributed by atoms with Crippen molar-refractivity contribution in [3.05, 3.63) is 180 Å². The van der Waals surface area contributed by atoms with E-state index in [0.717, 1.165) is 185 Å². The van der Waals surface area contributed by atoms with Gasteiger partial charge in [-0.3, -0.25) is 0 Å². The number of aromatic amines is 2. The van der Waals surface area contributed by atoms with Crippen LogP contribution >= 0.6 is 31.9 Å². The van der Waals surface area contributed by atoms with Gasteiger partial charge in [-0.2, -0.15) is 0 Å². The minimum absolute atomic E-state index is 0.416. The number of hydrogen-bond acceptors (Lipinski definition) is 16. The molecule has 22 heteroatoms. The number of pyridine rings is 4. The number of fused-ring (bicyclic) bond motifs is 4. The predicted molar refractivity (Wildman–Crippen MR) is 377 cm³/mol. The number of benzene rings is 4. The maximum atomic E-state index is 5.76. The van der Waals surface area contributed by atoms with Gasteiger partial charge in [0.1, 0.15) is 59.0 Å². The van der Waals surface area contributed by atoms with Crippen LogP contribution in [0.25, 0.3) is 88.6 Å². The number of halogens is 2. The molecule has 10 heterocycles. The number of nitrogens with zero attached hydrogens (tertiary/aromatic N) is 8. The number of para-hydroxylation sites is 4. The third-order valence-electron chi connectivity index (χ3n) is 16.1. The second-order valence-corrected chi connectivity index (χ2v) is 23.6. The number of aromatic nitrogens is 8. The summed E-state index contributed by atoms with van der Waals surface area (Å²) in [6.07, 6.45) is 15.5. The molecule has 8 aromatic heterocycles. The molecule has 2 aliphatic rings. The molecule has 12 aromatic rings. The first-order chi connectivity index (χ1) is 46.2. The zero-order valence-electron chi connectivity index (χ0n) is 53.5. The van der Waals surface area contributed by atoms with Crippen molar-refractivity contribution in [3.8, 4) is 67.5 Å². The molecular formula is C72H76Br2N10O10. The number of morpholine rings is 2. The molecule has 2 saturated heterocycles. The summed E-state index contributed by atoms with van der Waals surface area (Å²) in [7, 11) is 10.1. The normalized spacial score (nSPS) is 13.1. The smallest absolute Gasteiger partial charge is 0.142 e. The molecule has 0 unspecified atom stereocenters. The van der Waals surface area contributed by atoms with Crippen LogP contribution in [0.5, 0.6) is 23.0 Å². The van der Waals surface area contributed by atoms with E-state index in [4.69, 9.17) is 52.4 Å². The fourth-order valence-electron chi connectivity index (χ4n) is 11.4. The lowest BCUT2D eigenvalue weighted by atomic mass is 10.0. The maximum absolute atomic E-state index is 5.76. The van der Waals surface area contributed by atoms with Crippen molar-refractivity contribution in [2.24, 2.45) is 0 Å². The number of ether oxygens (including phenoxy) is 10. The highest BCUT2D eigenvalue weighted by Gasteiger charge is 2.21. The number of anilines is 2. The molecule has 0 saturated carbocycles.